The van der Waals surface area contributed by atoms with Gasteiger partial charge in [-0.3, -0.25) is 4.79 Å². The fourth-order valence-electron chi connectivity index (χ4n) is 1.47. The number of carboxylic acid groups (broad SMARTS) is 1. The van der Waals surface area contributed by atoms with Gasteiger partial charge in [-0.2, -0.15) is 0 Å². The third kappa shape index (κ3) is 2.82. The van der Waals surface area contributed by atoms with Crippen LogP contribution in [0.1, 0.15) is 17.3 Å². The van der Waals surface area contributed by atoms with Crippen LogP contribution in [0.15, 0.2) is 45.6 Å². The molecule has 0 aliphatic heterocycles. The number of aromatic nitrogens is 3. The number of nitrogens with zero attached hydrogens (tertiary/aromatic N) is 3. The maximum atomic E-state index is 12.0. The molecule has 0 spiro atoms. The Morgan fingerprint density at radius 3 is 2.79 bits per heavy atom. The van der Waals surface area contributed by atoms with Gasteiger partial charge in [-0.05, 0) is 30.8 Å². The van der Waals surface area contributed by atoms with Crippen molar-refractivity contribution in [3.05, 3.63) is 46.6 Å². The zero-order chi connectivity index (χ0) is 13.8. The molecule has 0 saturated heterocycles. The molecule has 98 valence electrons. The van der Waals surface area contributed by atoms with E-state index in [0.29, 0.717) is 6.54 Å². The SMILES string of the molecule is CCn1ccnc(Sc2ncccc2C(=O)O)c1=O. The lowest BCUT2D eigenvalue weighted by atomic mass is 10.3. The maximum Gasteiger partial charge on any atom is 0.338 e. The van der Waals surface area contributed by atoms with Gasteiger partial charge in [0.1, 0.15) is 5.03 Å². The quantitative estimate of drug-likeness (QED) is 0.911. The molecule has 0 aliphatic rings. The van der Waals surface area contributed by atoms with Crippen molar-refractivity contribution in [2.24, 2.45) is 0 Å². The van der Waals surface area contributed by atoms with Gasteiger partial charge in [0.05, 0.1) is 5.56 Å². The predicted octanol–water partition coefficient (Wildman–Crippen LogP) is 1.51. The van der Waals surface area contributed by atoms with Crippen molar-refractivity contribution in [2.75, 3.05) is 0 Å². The molecule has 6 nitrogen and oxygen atoms in total. The molecule has 0 bridgehead atoms. The highest BCUT2D eigenvalue weighted by molar-refractivity contribution is 7.99. The van der Waals surface area contributed by atoms with E-state index < -0.39 is 5.97 Å². The highest BCUT2D eigenvalue weighted by Gasteiger charge is 2.14. The molecule has 2 rings (SSSR count). The Morgan fingerprint density at radius 1 is 1.37 bits per heavy atom. The standard InChI is InChI=1S/C12H11N3O3S/c1-2-15-7-6-14-10(11(15)16)19-9-8(12(17)18)4-3-5-13-9/h3-7H,2H2,1H3,(H,17,18). The number of carboxylic acids is 1. The second kappa shape index (κ2) is 5.66. The largest absolute Gasteiger partial charge is 0.478 e. The number of rotatable bonds is 4. The Kier molecular flexibility index (Phi) is 3.96. The molecule has 7 heteroatoms. The molecule has 0 fully saturated rings. The van der Waals surface area contributed by atoms with E-state index in [0.717, 1.165) is 11.8 Å². The summed E-state index contributed by atoms with van der Waals surface area (Å²) in [5.41, 5.74) is -0.197. The number of hydrogen-bond donors (Lipinski definition) is 1. The molecule has 0 aliphatic carbocycles. The van der Waals surface area contributed by atoms with Gasteiger partial charge in [0, 0.05) is 25.1 Å². The number of pyridine rings is 1. The van der Waals surface area contributed by atoms with Crippen LogP contribution in [0, 0.1) is 0 Å². The van der Waals surface area contributed by atoms with Crippen molar-refractivity contribution in [2.45, 2.75) is 23.5 Å². The second-order valence-electron chi connectivity index (χ2n) is 3.59. The van der Waals surface area contributed by atoms with E-state index in [2.05, 4.69) is 9.97 Å². The molecule has 0 radical (unpaired) electrons. The molecule has 0 atom stereocenters. The van der Waals surface area contributed by atoms with Crippen molar-refractivity contribution in [3.8, 4) is 0 Å². The number of aromatic carboxylic acids is 1. The molecular formula is C12H11N3O3S. The Bertz CT molecular complexity index is 669. The maximum absolute atomic E-state index is 12.0. The molecule has 2 aromatic rings. The van der Waals surface area contributed by atoms with E-state index in [1.165, 1.54) is 29.1 Å². The molecule has 2 aromatic heterocycles. The first kappa shape index (κ1) is 13.3. The van der Waals surface area contributed by atoms with E-state index in [1.54, 1.807) is 6.20 Å². The predicted molar refractivity (Wildman–Crippen MR) is 69.5 cm³/mol. The summed E-state index contributed by atoms with van der Waals surface area (Å²) in [6.45, 7) is 2.38. The topological polar surface area (TPSA) is 85.1 Å². The van der Waals surface area contributed by atoms with Crippen LogP contribution in [-0.4, -0.2) is 25.6 Å². The minimum Gasteiger partial charge on any atom is -0.478 e. The van der Waals surface area contributed by atoms with Gasteiger partial charge in [0.2, 0.25) is 0 Å². The van der Waals surface area contributed by atoms with Gasteiger partial charge in [-0.25, -0.2) is 14.8 Å². The second-order valence-corrected chi connectivity index (χ2v) is 4.56. The first-order valence-corrected chi connectivity index (χ1v) is 6.36. The Morgan fingerprint density at radius 2 is 2.11 bits per heavy atom. The summed E-state index contributed by atoms with van der Waals surface area (Å²) in [5.74, 6) is -1.08. The van der Waals surface area contributed by atoms with Crippen molar-refractivity contribution in [3.63, 3.8) is 0 Å². The molecule has 19 heavy (non-hydrogen) atoms. The monoisotopic (exact) mass is 277 g/mol. The summed E-state index contributed by atoms with van der Waals surface area (Å²) in [6.07, 6.45) is 4.58. The number of carbonyl (C=O) groups is 1. The van der Waals surface area contributed by atoms with E-state index in [9.17, 15) is 9.59 Å². The van der Waals surface area contributed by atoms with Crippen LogP contribution in [0.2, 0.25) is 0 Å². The van der Waals surface area contributed by atoms with E-state index in [4.69, 9.17) is 5.11 Å². The van der Waals surface area contributed by atoms with Gasteiger partial charge in [-0.1, -0.05) is 0 Å². The molecule has 0 aromatic carbocycles. The van der Waals surface area contributed by atoms with Gasteiger partial charge < -0.3 is 9.67 Å². The van der Waals surface area contributed by atoms with Gasteiger partial charge in [0.15, 0.2) is 5.03 Å². The normalized spacial score (nSPS) is 10.4. The third-order valence-electron chi connectivity index (χ3n) is 2.42. The average Bonchev–Trinajstić information content (AvgIpc) is 2.41. The summed E-state index contributed by atoms with van der Waals surface area (Å²) < 4.78 is 1.50. The van der Waals surface area contributed by atoms with E-state index in [-0.39, 0.29) is 21.2 Å². The molecule has 0 saturated carbocycles. The van der Waals surface area contributed by atoms with Crippen LogP contribution in [0.5, 0.6) is 0 Å². The lowest BCUT2D eigenvalue weighted by Gasteiger charge is -2.05. The van der Waals surface area contributed by atoms with E-state index in [1.807, 2.05) is 6.92 Å². The summed E-state index contributed by atoms with van der Waals surface area (Å²) in [7, 11) is 0. The van der Waals surface area contributed by atoms with Gasteiger partial charge in [0.25, 0.3) is 5.56 Å². The zero-order valence-electron chi connectivity index (χ0n) is 10.1. The van der Waals surface area contributed by atoms with Gasteiger partial charge >= 0.3 is 5.97 Å². The number of hydrogen-bond acceptors (Lipinski definition) is 5. The van der Waals surface area contributed by atoms with Crippen molar-refractivity contribution < 1.29 is 9.90 Å². The van der Waals surface area contributed by atoms with Crippen molar-refractivity contribution in [1.29, 1.82) is 0 Å². The summed E-state index contributed by atoms with van der Waals surface area (Å²) in [6, 6.07) is 2.98. The smallest absolute Gasteiger partial charge is 0.338 e. The Hall–Kier alpha value is -2.15. The summed E-state index contributed by atoms with van der Waals surface area (Å²) in [5, 5.41) is 9.53. The van der Waals surface area contributed by atoms with E-state index >= 15 is 0 Å². The first-order chi connectivity index (χ1) is 9.13. The van der Waals surface area contributed by atoms with Crippen molar-refractivity contribution >= 4 is 17.7 Å². The lowest BCUT2D eigenvalue weighted by molar-refractivity contribution is 0.0692. The fourth-order valence-corrected chi connectivity index (χ4v) is 2.35. The molecule has 0 unspecified atom stereocenters. The first-order valence-electron chi connectivity index (χ1n) is 5.55. The zero-order valence-corrected chi connectivity index (χ0v) is 10.9. The van der Waals surface area contributed by atoms with Crippen LogP contribution < -0.4 is 5.56 Å². The molecular weight excluding hydrogens is 266 g/mol. The minimum absolute atomic E-state index is 0.0561. The summed E-state index contributed by atoms with van der Waals surface area (Å²) >= 11 is 0.962. The number of aryl methyl sites for hydroxylation is 1. The highest BCUT2D eigenvalue weighted by Crippen LogP contribution is 2.24. The third-order valence-corrected chi connectivity index (χ3v) is 3.41. The van der Waals surface area contributed by atoms with Crippen LogP contribution in [0.25, 0.3) is 0 Å². The fraction of sp³-hybridized carbons (Fsp3) is 0.167. The van der Waals surface area contributed by atoms with Crippen LogP contribution in [0.3, 0.4) is 0 Å². The Labute approximate surface area is 113 Å². The highest BCUT2D eigenvalue weighted by atomic mass is 32.2. The molecule has 2 heterocycles. The Balaban J connectivity index is 2.42. The average molecular weight is 277 g/mol. The lowest BCUT2D eigenvalue weighted by Crippen LogP contribution is -2.21. The van der Waals surface area contributed by atoms with Crippen LogP contribution in [-0.2, 0) is 6.54 Å². The minimum atomic E-state index is -1.08. The molecule has 0 amide bonds. The molecule has 1 N–H and O–H groups in total. The van der Waals surface area contributed by atoms with Crippen LogP contribution >= 0.6 is 11.8 Å². The van der Waals surface area contributed by atoms with Crippen LogP contribution in [0.4, 0.5) is 0 Å². The van der Waals surface area contributed by atoms with Gasteiger partial charge in [-0.15, -0.1) is 0 Å². The van der Waals surface area contributed by atoms with Crippen molar-refractivity contribution in [1.82, 2.24) is 14.5 Å². The summed E-state index contributed by atoms with van der Waals surface area (Å²) in [4.78, 5) is 31.0.